The van der Waals surface area contributed by atoms with E-state index < -0.39 is 17.9 Å². The minimum Gasteiger partial charge on any atom is -0.480 e. The summed E-state index contributed by atoms with van der Waals surface area (Å²) in [5, 5.41) is 9.83. The number of aryl methyl sites for hydroxylation is 2. The van der Waals surface area contributed by atoms with Crippen LogP contribution < -0.4 is 0 Å². The van der Waals surface area contributed by atoms with E-state index in [9.17, 15) is 9.59 Å². The van der Waals surface area contributed by atoms with Gasteiger partial charge in [0.05, 0.1) is 0 Å². The monoisotopic (exact) mass is 265 g/mol. The van der Waals surface area contributed by atoms with E-state index in [0.717, 1.165) is 21.8 Å². The zero-order valence-electron chi connectivity index (χ0n) is 11.6. The van der Waals surface area contributed by atoms with Crippen LogP contribution in [0.15, 0.2) is 18.2 Å². The zero-order chi connectivity index (χ0) is 14.6. The fourth-order valence-corrected chi connectivity index (χ4v) is 1.79. The summed E-state index contributed by atoms with van der Waals surface area (Å²) in [6, 6.07) is 4.83. The first kappa shape index (κ1) is 15.2. The third kappa shape index (κ3) is 3.79. The molecule has 1 atom stereocenters. The van der Waals surface area contributed by atoms with Crippen LogP contribution in [-0.2, 0) is 21.0 Å². The predicted molar refractivity (Wildman–Crippen MR) is 70.3 cm³/mol. The molecule has 0 radical (unpaired) electrons. The van der Waals surface area contributed by atoms with Crippen LogP contribution in [-0.4, -0.2) is 28.1 Å². The highest BCUT2D eigenvalue weighted by molar-refractivity contribution is 5.80. The summed E-state index contributed by atoms with van der Waals surface area (Å²) in [6.45, 7) is 6.77. The van der Waals surface area contributed by atoms with Crippen molar-refractivity contribution in [3.8, 4) is 0 Å². The second-order valence-electron chi connectivity index (χ2n) is 4.50. The normalized spacial score (nSPS) is 12.0. The maximum atomic E-state index is 11.4. The quantitative estimate of drug-likeness (QED) is 0.827. The van der Waals surface area contributed by atoms with E-state index in [2.05, 4.69) is 0 Å². The molecule has 0 bridgehead atoms. The number of carboxylic acids is 1. The van der Waals surface area contributed by atoms with Crippen molar-refractivity contribution in [1.82, 2.24) is 5.06 Å². The summed E-state index contributed by atoms with van der Waals surface area (Å²) < 4.78 is 0. The van der Waals surface area contributed by atoms with Gasteiger partial charge in [-0.2, -0.15) is 0 Å². The molecule has 0 heterocycles. The van der Waals surface area contributed by atoms with Crippen molar-refractivity contribution in [3.05, 3.63) is 34.9 Å². The van der Waals surface area contributed by atoms with Gasteiger partial charge in [-0.25, -0.2) is 9.86 Å². The molecule has 0 saturated heterocycles. The van der Waals surface area contributed by atoms with Crippen molar-refractivity contribution in [3.63, 3.8) is 0 Å². The summed E-state index contributed by atoms with van der Waals surface area (Å²) in [5.41, 5.74) is 3.06. The Hall–Kier alpha value is -1.88. The van der Waals surface area contributed by atoms with Gasteiger partial charge in [0.15, 0.2) is 6.04 Å². The van der Waals surface area contributed by atoms with Crippen molar-refractivity contribution in [2.45, 2.75) is 40.3 Å². The second kappa shape index (κ2) is 6.33. The number of rotatable bonds is 5. The average molecular weight is 265 g/mol. The van der Waals surface area contributed by atoms with Crippen molar-refractivity contribution < 1.29 is 19.5 Å². The van der Waals surface area contributed by atoms with Gasteiger partial charge in [0.1, 0.15) is 6.61 Å². The average Bonchev–Trinajstić information content (AvgIpc) is 2.31. The highest BCUT2D eigenvalue weighted by Crippen LogP contribution is 2.16. The molecule has 104 valence electrons. The molecule has 0 aromatic heterocycles. The first-order valence-corrected chi connectivity index (χ1v) is 6.05. The Morgan fingerprint density at radius 2 is 1.84 bits per heavy atom. The first-order valence-electron chi connectivity index (χ1n) is 6.05. The molecule has 0 fully saturated rings. The number of hydrogen-bond donors (Lipinski definition) is 1. The third-order valence-corrected chi connectivity index (χ3v) is 3.01. The molecule has 1 aromatic carbocycles. The summed E-state index contributed by atoms with van der Waals surface area (Å²) in [5.74, 6) is -1.53. The molecule has 1 rings (SSSR count). The maximum Gasteiger partial charge on any atom is 0.328 e. The van der Waals surface area contributed by atoms with Gasteiger partial charge >= 0.3 is 5.97 Å². The molecule has 1 aromatic rings. The number of amides is 1. The van der Waals surface area contributed by atoms with Gasteiger partial charge in [0, 0.05) is 6.92 Å². The molecule has 0 saturated carbocycles. The van der Waals surface area contributed by atoms with Gasteiger partial charge in [-0.1, -0.05) is 18.2 Å². The topological polar surface area (TPSA) is 66.8 Å². The Labute approximate surface area is 112 Å². The summed E-state index contributed by atoms with van der Waals surface area (Å²) in [6.07, 6.45) is 0. The lowest BCUT2D eigenvalue weighted by molar-refractivity contribution is -0.207. The van der Waals surface area contributed by atoms with Crippen molar-refractivity contribution in [1.29, 1.82) is 0 Å². The number of aliphatic carboxylic acids is 1. The SMILES string of the molecule is CC(=O)N(OCc1c(C)cccc1C)C(C)C(=O)O. The number of nitrogens with zero attached hydrogens (tertiary/aromatic N) is 1. The molecule has 19 heavy (non-hydrogen) atoms. The Bertz CT molecular complexity index is 464. The highest BCUT2D eigenvalue weighted by atomic mass is 16.7. The van der Waals surface area contributed by atoms with Crippen LogP contribution in [0.25, 0.3) is 0 Å². The van der Waals surface area contributed by atoms with Crippen LogP contribution in [0.2, 0.25) is 0 Å². The van der Waals surface area contributed by atoms with Crippen LogP contribution in [0.1, 0.15) is 30.5 Å². The predicted octanol–water partition coefficient (Wildman–Crippen LogP) is 2.06. The molecular formula is C14H19NO4. The van der Waals surface area contributed by atoms with E-state index >= 15 is 0 Å². The van der Waals surface area contributed by atoms with E-state index in [4.69, 9.17) is 9.94 Å². The van der Waals surface area contributed by atoms with E-state index in [1.54, 1.807) is 0 Å². The Morgan fingerprint density at radius 1 is 1.32 bits per heavy atom. The van der Waals surface area contributed by atoms with E-state index in [1.165, 1.54) is 13.8 Å². The minimum atomic E-state index is -1.10. The molecule has 5 heteroatoms. The van der Waals surface area contributed by atoms with Gasteiger partial charge in [0.2, 0.25) is 5.91 Å². The van der Waals surface area contributed by atoms with Crippen LogP contribution in [0.4, 0.5) is 0 Å². The molecule has 5 nitrogen and oxygen atoms in total. The van der Waals surface area contributed by atoms with Crippen LogP contribution in [0.5, 0.6) is 0 Å². The standard InChI is InChI=1S/C14H19NO4/c1-9-6-5-7-10(2)13(9)8-19-15(12(4)16)11(3)14(17)18/h5-7,11H,8H2,1-4H3,(H,17,18). The number of carboxylic acid groups (broad SMARTS) is 1. The lowest BCUT2D eigenvalue weighted by Crippen LogP contribution is -2.41. The minimum absolute atomic E-state index is 0.176. The fourth-order valence-electron chi connectivity index (χ4n) is 1.79. The molecule has 1 N–H and O–H groups in total. The summed E-state index contributed by atoms with van der Waals surface area (Å²) >= 11 is 0. The van der Waals surface area contributed by atoms with Crippen LogP contribution in [0.3, 0.4) is 0 Å². The van der Waals surface area contributed by atoms with Gasteiger partial charge < -0.3 is 5.11 Å². The van der Waals surface area contributed by atoms with Gasteiger partial charge in [-0.05, 0) is 37.5 Å². The smallest absolute Gasteiger partial charge is 0.328 e. The number of benzene rings is 1. The third-order valence-electron chi connectivity index (χ3n) is 3.01. The number of hydrogen-bond acceptors (Lipinski definition) is 3. The van der Waals surface area contributed by atoms with Gasteiger partial charge in [-0.15, -0.1) is 0 Å². The fraction of sp³-hybridized carbons (Fsp3) is 0.429. The van der Waals surface area contributed by atoms with Crippen molar-refractivity contribution in [2.24, 2.45) is 0 Å². The van der Waals surface area contributed by atoms with E-state index in [1.807, 2.05) is 32.0 Å². The van der Waals surface area contributed by atoms with Crippen molar-refractivity contribution in [2.75, 3.05) is 0 Å². The van der Waals surface area contributed by atoms with Crippen molar-refractivity contribution >= 4 is 11.9 Å². The molecule has 0 spiro atoms. The molecule has 1 unspecified atom stereocenters. The molecule has 0 aliphatic rings. The molecule has 0 aliphatic heterocycles. The largest absolute Gasteiger partial charge is 0.480 e. The Morgan fingerprint density at radius 3 is 2.26 bits per heavy atom. The summed E-state index contributed by atoms with van der Waals surface area (Å²) in [4.78, 5) is 27.7. The van der Waals surface area contributed by atoms with E-state index in [0.29, 0.717) is 0 Å². The first-order chi connectivity index (χ1) is 8.84. The zero-order valence-corrected chi connectivity index (χ0v) is 11.6. The Balaban J connectivity index is 2.83. The molecular weight excluding hydrogens is 246 g/mol. The summed E-state index contributed by atoms with van der Waals surface area (Å²) in [7, 11) is 0. The van der Waals surface area contributed by atoms with Crippen LogP contribution in [0, 0.1) is 13.8 Å². The van der Waals surface area contributed by atoms with Gasteiger partial charge in [0.25, 0.3) is 0 Å². The number of carbonyl (C=O) groups is 2. The maximum absolute atomic E-state index is 11.4. The highest BCUT2D eigenvalue weighted by Gasteiger charge is 2.24. The lowest BCUT2D eigenvalue weighted by atomic mass is 10.0. The second-order valence-corrected chi connectivity index (χ2v) is 4.50. The number of carbonyl (C=O) groups excluding carboxylic acids is 1. The molecule has 0 aliphatic carbocycles. The molecule has 1 amide bonds. The number of hydroxylamine groups is 2. The lowest BCUT2D eigenvalue weighted by Gasteiger charge is -2.24. The van der Waals surface area contributed by atoms with Crippen LogP contribution >= 0.6 is 0 Å². The van der Waals surface area contributed by atoms with E-state index in [-0.39, 0.29) is 6.61 Å². The Kier molecular flexibility index (Phi) is 5.06. The van der Waals surface area contributed by atoms with Gasteiger partial charge in [-0.3, -0.25) is 9.63 Å².